The smallest absolute Gasteiger partial charge is 0.0412 e. The van der Waals surface area contributed by atoms with Crippen molar-refractivity contribution in [2.45, 2.75) is 45.7 Å². The van der Waals surface area contributed by atoms with E-state index in [2.05, 4.69) is 55.3 Å². The van der Waals surface area contributed by atoms with E-state index in [1.54, 1.807) is 0 Å². The standard InChI is InChI=1S/C15H24N2/c1-4-13-11-17(14(5-2)10-16-13)15-9-7-6-8-12(15)3/h6-9,13-14,16H,4-5,10-11H2,1-3H3. The van der Waals surface area contributed by atoms with Gasteiger partial charge in [-0.2, -0.15) is 0 Å². The van der Waals surface area contributed by atoms with E-state index in [0.29, 0.717) is 12.1 Å². The fourth-order valence-corrected chi connectivity index (χ4v) is 2.68. The lowest BCUT2D eigenvalue weighted by Gasteiger charge is -2.42. The molecule has 0 aromatic heterocycles. The first kappa shape index (κ1) is 12.4. The average Bonchev–Trinajstić information content (AvgIpc) is 2.38. The van der Waals surface area contributed by atoms with E-state index in [0.717, 1.165) is 13.1 Å². The molecule has 2 nitrogen and oxygen atoms in total. The van der Waals surface area contributed by atoms with Crippen LogP contribution in [0.5, 0.6) is 0 Å². The molecule has 0 radical (unpaired) electrons. The SMILES string of the molecule is CCC1CN(c2ccccc2C)C(CC)CN1. The number of hydrogen-bond donors (Lipinski definition) is 1. The van der Waals surface area contributed by atoms with Crippen molar-refractivity contribution in [2.75, 3.05) is 18.0 Å². The molecule has 2 atom stereocenters. The normalized spacial score (nSPS) is 25.0. The molecule has 2 unspecified atom stereocenters. The van der Waals surface area contributed by atoms with Gasteiger partial charge in [-0.3, -0.25) is 0 Å². The van der Waals surface area contributed by atoms with Crippen LogP contribution in [0.4, 0.5) is 5.69 Å². The zero-order valence-electron chi connectivity index (χ0n) is 11.2. The molecule has 1 N–H and O–H groups in total. The van der Waals surface area contributed by atoms with Gasteiger partial charge in [0.05, 0.1) is 0 Å². The highest BCUT2D eigenvalue weighted by Gasteiger charge is 2.26. The summed E-state index contributed by atoms with van der Waals surface area (Å²) in [7, 11) is 0. The number of hydrogen-bond acceptors (Lipinski definition) is 2. The molecule has 0 spiro atoms. The minimum atomic E-state index is 0.636. The Bertz CT molecular complexity index is 362. The van der Waals surface area contributed by atoms with E-state index >= 15 is 0 Å². The van der Waals surface area contributed by atoms with Crippen LogP contribution in [0, 0.1) is 6.92 Å². The number of para-hydroxylation sites is 1. The van der Waals surface area contributed by atoms with Crippen molar-refractivity contribution >= 4 is 5.69 Å². The maximum atomic E-state index is 3.65. The number of benzene rings is 1. The van der Waals surface area contributed by atoms with Crippen molar-refractivity contribution in [3.8, 4) is 0 Å². The van der Waals surface area contributed by atoms with Crippen LogP contribution >= 0.6 is 0 Å². The van der Waals surface area contributed by atoms with E-state index < -0.39 is 0 Å². The lowest BCUT2D eigenvalue weighted by Crippen LogP contribution is -2.56. The highest BCUT2D eigenvalue weighted by atomic mass is 15.2. The largest absolute Gasteiger partial charge is 0.366 e. The predicted octanol–water partition coefficient (Wildman–Crippen LogP) is 2.96. The van der Waals surface area contributed by atoms with Gasteiger partial charge in [0.25, 0.3) is 0 Å². The Hall–Kier alpha value is -1.02. The topological polar surface area (TPSA) is 15.3 Å². The molecule has 0 bridgehead atoms. The summed E-state index contributed by atoms with van der Waals surface area (Å²) >= 11 is 0. The van der Waals surface area contributed by atoms with Gasteiger partial charge in [-0.25, -0.2) is 0 Å². The van der Waals surface area contributed by atoms with Gasteiger partial charge in [-0.1, -0.05) is 32.0 Å². The number of piperazine rings is 1. The molecule has 1 aromatic rings. The van der Waals surface area contributed by atoms with E-state index in [1.807, 2.05) is 0 Å². The molecular formula is C15H24N2. The molecule has 1 saturated heterocycles. The molecular weight excluding hydrogens is 208 g/mol. The number of nitrogens with zero attached hydrogens (tertiary/aromatic N) is 1. The maximum Gasteiger partial charge on any atom is 0.0412 e. The van der Waals surface area contributed by atoms with Gasteiger partial charge >= 0.3 is 0 Å². The minimum Gasteiger partial charge on any atom is -0.366 e. The highest BCUT2D eigenvalue weighted by molar-refractivity contribution is 5.54. The first-order chi connectivity index (χ1) is 8.26. The van der Waals surface area contributed by atoms with Crippen LogP contribution in [-0.2, 0) is 0 Å². The second-order valence-corrected chi connectivity index (χ2v) is 5.01. The Balaban J connectivity index is 2.23. The van der Waals surface area contributed by atoms with E-state index in [4.69, 9.17) is 0 Å². The third-order valence-corrected chi connectivity index (χ3v) is 3.89. The van der Waals surface area contributed by atoms with Crippen LogP contribution in [0.1, 0.15) is 32.3 Å². The van der Waals surface area contributed by atoms with Gasteiger partial charge in [-0.05, 0) is 31.4 Å². The number of anilines is 1. The molecule has 1 aliphatic rings. The fourth-order valence-electron chi connectivity index (χ4n) is 2.68. The molecule has 0 saturated carbocycles. The highest BCUT2D eigenvalue weighted by Crippen LogP contribution is 2.25. The molecule has 2 heteroatoms. The van der Waals surface area contributed by atoms with Gasteiger partial charge in [-0.15, -0.1) is 0 Å². The minimum absolute atomic E-state index is 0.636. The van der Waals surface area contributed by atoms with Gasteiger partial charge < -0.3 is 10.2 Å². The number of aryl methyl sites for hydroxylation is 1. The first-order valence-corrected chi connectivity index (χ1v) is 6.81. The molecule has 94 valence electrons. The molecule has 1 aromatic carbocycles. The van der Waals surface area contributed by atoms with E-state index in [9.17, 15) is 0 Å². The summed E-state index contributed by atoms with van der Waals surface area (Å²) in [4.78, 5) is 2.60. The zero-order chi connectivity index (χ0) is 12.3. The Morgan fingerprint density at radius 2 is 2.00 bits per heavy atom. The van der Waals surface area contributed by atoms with Crippen molar-refractivity contribution in [3.63, 3.8) is 0 Å². The summed E-state index contributed by atoms with van der Waals surface area (Å²) in [5.74, 6) is 0. The summed E-state index contributed by atoms with van der Waals surface area (Å²) in [5.41, 5.74) is 2.81. The lowest BCUT2D eigenvalue weighted by molar-refractivity contribution is 0.378. The Morgan fingerprint density at radius 3 is 2.65 bits per heavy atom. The second-order valence-electron chi connectivity index (χ2n) is 5.01. The monoisotopic (exact) mass is 232 g/mol. The Labute approximate surface area is 105 Å². The van der Waals surface area contributed by atoms with Gasteiger partial charge in [0.2, 0.25) is 0 Å². The quantitative estimate of drug-likeness (QED) is 0.862. The molecule has 1 aliphatic heterocycles. The van der Waals surface area contributed by atoms with Crippen LogP contribution < -0.4 is 10.2 Å². The summed E-state index contributed by atoms with van der Waals surface area (Å²) in [6.45, 7) is 9.01. The van der Waals surface area contributed by atoms with Crippen LogP contribution in [0.2, 0.25) is 0 Å². The summed E-state index contributed by atoms with van der Waals surface area (Å²) in [6, 6.07) is 10.0. The van der Waals surface area contributed by atoms with Crippen LogP contribution in [-0.4, -0.2) is 25.2 Å². The van der Waals surface area contributed by atoms with Crippen molar-refractivity contribution in [2.24, 2.45) is 0 Å². The number of rotatable bonds is 3. The molecule has 1 fully saturated rings. The predicted molar refractivity (Wildman–Crippen MR) is 74.7 cm³/mol. The maximum absolute atomic E-state index is 3.65. The van der Waals surface area contributed by atoms with E-state index in [1.165, 1.54) is 24.1 Å². The van der Waals surface area contributed by atoms with Crippen LogP contribution in [0.25, 0.3) is 0 Å². The fraction of sp³-hybridized carbons (Fsp3) is 0.600. The summed E-state index contributed by atoms with van der Waals surface area (Å²) in [6.07, 6.45) is 2.41. The van der Waals surface area contributed by atoms with Gasteiger partial charge in [0.15, 0.2) is 0 Å². The third-order valence-electron chi connectivity index (χ3n) is 3.89. The van der Waals surface area contributed by atoms with E-state index in [-0.39, 0.29) is 0 Å². The van der Waals surface area contributed by atoms with Gasteiger partial charge in [0.1, 0.15) is 0 Å². The zero-order valence-corrected chi connectivity index (χ0v) is 11.2. The number of nitrogens with one attached hydrogen (secondary N) is 1. The first-order valence-electron chi connectivity index (χ1n) is 6.81. The van der Waals surface area contributed by atoms with Crippen molar-refractivity contribution in [1.82, 2.24) is 5.32 Å². The van der Waals surface area contributed by atoms with Crippen LogP contribution in [0.3, 0.4) is 0 Å². The summed E-state index contributed by atoms with van der Waals surface area (Å²) in [5, 5.41) is 3.65. The van der Waals surface area contributed by atoms with Gasteiger partial charge in [0, 0.05) is 30.9 Å². The van der Waals surface area contributed by atoms with Crippen LogP contribution in [0.15, 0.2) is 24.3 Å². The van der Waals surface area contributed by atoms with Crippen molar-refractivity contribution in [3.05, 3.63) is 29.8 Å². The summed E-state index contributed by atoms with van der Waals surface area (Å²) < 4.78 is 0. The molecule has 0 amide bonds. The Morgan fingerprint density at radius 1 is 1.24 bits per heavy atom. The van der Waals surface area contributed by atoms with Crippen molar-refractivity contribution in [1.29, 1.82) is 0 Å². The molecule has 17 heavy (non-hydrogen) atoms. The molecule has 2 rings (SSSR count). The Kier molecular flexibility index (Phi) is 4.06. The third kappa shape index (κ3) is 2.63. The molecule has 0 aliphatic carbocycles. The van der Waals surface area contributed by atoms with Crippen molar-refractivity contribution < 1.29 is 0 Å². The second kappa shape index (κ2) is 5.54. The lowest BCUT2D eigenvalue weighted by atomic mass is 10.0. The average molecular weight is 232 g/mol. The molecule has 1 heterocycles.